The van der Waals surface area contributed by atoms with Crippen molar-refractivity contribution in [1.82, 2.24) is 4.90 Å². The molecule has 0 radical (unpaired) electrons. The van der Waals surface area contributed by atoms with Gasteiger partial charge in [-0.3, -0.25) is 0 Å². The fourth-order valence-electron chi connectivity index (χ4n) is 3.81. The molecule has 0 saturated heterocycles. The number of benzene rings is 3. The molecule has 166 valence electrons. The maximum absolute atomic E-state index is 13.6. The summed E-state index contributed by atoms with van der Waals surface area (Å²) < 4.78 is 49.2. The van der Waals surface area contributed by atoms with E-state index in [4.69, 9.17) is 9.47 Å². The van der Waals surface area contributed by atoms with Crippen molar-refractivity contribution in [3.05, 3.63) is 95.3 Å². The Bertz CT molecular complexity index is 1250. The molecule has 0 saturated carbocycles. The minimum atomic E-state index is -3.31. The van der Waals surface area contributed by atoms with E-state index in [0.29, 0.717) is 12.3 Å². The summed E-state index contributed by atoms with van der Waals surface area (Å²) in [6.45, 7) is 2.66. The minimum Gasteiger partial charge on any atom is -0.497 e. The second kappa shape index (κ2) is 8.67. The molecule has 1 heterocycles. The predicted molar refractivity (Wildman–Crippen MR) is 122 cm³/mol. The van der Waals surface area contributed by atoms with E-state index < -0.39 is 16.1 Å². The van der Waals surface area contributed by atoms with E-state index in [9.17, 15) is 12.8 Å². The van der Waals surface area contributed by atoms with Crippen LogP contribution in [-0.4, -0.2) is 33.2 Å². The third kappa shape index (κ3) is 4.21. The second-order valence-electron chi connectivity index (χ2n) is 7.51. The smallest absolute Gasteiger partial charge is 0.199 e. The van der Waals surface area contributed by atoms with Crippen molar-refractivity contribution in [2.75, 3.05) is 19.9 Å². The largest absolute Gasteiger partial charge is 0.497 e. The van der Waals surface area contributed by atoms with Crippen LogP contribution in [0.15, 0.2) is 77.7 Å². The van der Waals surface area contributed by atoms with Crippen LogP contribution >= 0.6 is 0 Å². The van der Waals surface area contributed by atoms with Crippen LogP contribution in [0.4, 0.5) is 4.39 Å². The van der Waals surface area contributed by atoms with Gasteiger partial charge in [0.15, 0.2) is 21.8 Å². The average Bonchev–Trinajstić information content (AvgIpc) is 3.19. The highest BCUT2D eigenvalue weighted by atomic mass is 32.2. The molecule has 0 aliphatic carbocycles. The Morgan fingerprint density at radius 1 is 1.00 bits per heavy atom. The van der Waals surface area contributed by atoms with Gasteiger partial charge in [-0.2, -0.15) is 0 Å². The van der Waals surface area contributed by atoms with E-state index >= 15 is 0 Å². The molecule has 0 amide bonds. The third-order valence-electron chi connectivity index (χ3n) is 5.40. The Morgan fingerprint density at radius 3 is 2.25 bits per heavy atom. The van der Waals surface area contributed by atoms with Crippen LogP contribution < -0.4 is 4.74 Å². The lowest BCUT2D eigenvalue weighted by Crippen LogP contribution is -2.23. The number of methoxy groups -OCH3 is 1. The summed E-state index contributed by atoms with van der Waals surface area (Å²) in [7, 11) is -1.70. The number of halogens is 1. The zero-order valence-corrected chi connectivity index (χ0v) is 18.9. The topological polar surface area (TPSA) is 55.8 Å². The van der Waals surface area contributed by atoms with Gasteiger partial charge in [-0.05, 0) is 67.6 Å². The highest BCUT2D eigenvalue weighted by Crippen LogP contribution is 2.45. The second-order valence-corrected chi connectivity index (χ2v) is 9.53. The van der Waals surface area contributed by atoms with Gasteiger partial charge in [0.05, 0.1) is 17.7 Å². The number of rotatable bonds is 6. The average molecular weight is 454 g/mol. The van der Waals surface area contributed by atoms with E-state index in [1.165, 1.54) is 18.4 Å². The SMILES string of the molecule is CCN1C(c2ccc(F)cc2)=C(c2ccc(S(C)(=O)=O)cc2)OC1c1cccc(OC)c1. The van der Waals surface area contributed by atoms with E-state index in [2.05, 4.69) is 4.90 Å². The van der Waals surface area contributed by atoms with Crippen LogP contribution in [0.25, 0.3) is 11.5 Å². The molecule has 0 fully saturated rings. The van der Waals surface area contributed by atoms with Gasteiger partial charge in [0.2, 0.25) is 0 Å². The summed E-state index contributed by atoms with van der Waals surface area (Å²) >= 11 is 0. The van der Waals surface area contributed by atoms with E-state index in [-0.39, 0.29) is 10.7 Å². The van der Waals surface area contributed by atoms with Crippen molar-refractivity contribution in [1.29, 1.82) is 0 Å². The van der Waals surface area contributed by atoms with Crippen molar-refractivity contribution in [3.63, 3.8) is 0 Å². The summed E-state index contributed by atoms with van der Waals surface area (Å²) in [6.07, 6.45) is 0.759. The number of ether oxygens (including phenoxy) is 2. The Balaban J connectivity index is 1.85. The zero-order chi connectivity index (χ0) is 22.9. The Hall–Kier alpha value is -3.32. The molecule has 1 unspecified atom stereocenters. The lowest BCUT2D eigenvalue weighted by atomic mass is 10.1. The molecule has 4 rings (SSSR count). The molecule has 0 spiro atoms. The predicted octanol–water partition coefficient (Wildman–Crippen LogP) is 5.11. The van der Waals surface area contributed by atoms with Crippen LogP contribution in [-0.2, 0) is 14.6 Å². The number of hydrogen-bond acceptors (Lipinski definition) is 5. The van der Waals surface area contributed by atoms with E-state index in [0.717, 1.165) is 28.1 Å². The van der Waals surface area contributed by atoms with Crippen LogP contribution in [0.2, 0.25) is 0 Å². The fourth-order valence-corrected chi connectivity index (χ4v) is 4.44. The fraction of sp³-hybridized carbons (Fsp3) is 0.200. The van der Waals surface area contributed by atoms with Crippen molar-refractivity contribution >= 4 is 21.3 Å². The van der Waals surface area contributed by atoms with Crippen molar-refractivity contribution in [2.45, 2.75) is 18.0 Å². The first-order valence-corrected chi connectivity index (χ1v) is 12.1. The van der Waals surface area contributed by atoms with Crippen molar-refractivity contribution in [3.8, 4) is 5.75 Å². The zero-order valence-electron chi connectivity index (χ0n) is 18.1. The molecular weight excluding hydrogens is 429 g/mol. The van der Waals surface area contributed by atoms with Gasteiger partial charge < -0.3 is 14.4 Å². The van der Waals surface area contributed by atoms with Crippen molar-refractivity contribution in [2.24, 2.45) is 0 Å². The van der Waals surface area contributed by atoms with E-state index in [1.54, 1.807) is 43.5 Å². The first-order chi connectivity index (χ1) is 15.3. The van der Waals surface area contributed by atoms with Crippen molar-refractivity contribution < 1.29 is 22.3 Å². The van der Waals surface area contributed by atoms with Crippen LogP contribution in [0.3, 0.4) is 0 Å². The maximum atomic E-state index is 13.6. The first kappa shape index (κ1) is 21.9. The summed E-state index contributed by atoms with van der Waals surface area (Å²) in [4.78, 5) is 2.34. The molecule has 1 atom stereocenters. The lowest BCUT2D eigenvalue weighted by molar-refractivity contribution is 0.0758. The lowest BCUT2D eigenvalue weighted by Gasteiger charge is -2.27. The van der Waals surface area contributed by atoms with Gasteiger partial charge in [-0.15, -0.1) is 0 Å². The van der Waals surface area contributed by atoms with Crippen LogP contribution in [0.1, 0.15) is 29.8 Å². The summed E-state index contributed by atoms with van der Waals surface area (Å²) in [6, 6.07) is 20.5. The van der Waals surface area contributed by atoms with Gasteiger partial charge in [-0.1, -0.05) is 12.1 Å². The molecule has 0 aromatic heterocycles. The molecule has 3 aromatic carbocycles. The number of sulfone groups is 1. The molecular formula is C25H24FNO4S. The van der Waals surface area contributed by atoms with Gasteiger partial charge >= 0.3 is 0 Å². The van der Waals surface area contributed by atoms with Gasteiger partial charge in [0.25, 0.3) is 0 Å². The number of nitrogens with zero attached hydrogens (tertiary/aromatic N) is 1. The minimum absolute atomic E-state index is 0.236. The first-order valence-electron chi connectivity index (χ1n) is 10.2. The highest BCUT2D eigenvalue weighted by molar-refractivity contribution is 7.90. The third-order valence-corrected chi connectivity index (χ3v) is 6.53. The summed E-state index contributed by atoms with van der Waals surface area (Å²) in [5, 5.41) is 0. The molecule has 7 heteroatoms. The summed E-state index contributed by atoms with van der Waals surface area (Å²) in [5.41, 5.74) is 3.27. The standard InChI is InChI=1S/C25H24FNO4S/c1-4-27-23(17-8-12-20(26)13-9-17)24(18-10-14-22(15-11-18)32(3,28)29)31-25(27)19-6-5-7-21(16-19)30-2/h5-16,25H,4H2,1-3H3. The summed E-state index contributed by atoms with van der Waals surface area (Å²) in [5.74, 6) is 1.00. The number of hydrogen-bond donors (Lipinski definition) is 0. The van der Waals surface area contributed by atoms with Gasteiger partial charge in [0, 0.05) is 29.5 Å². The van der Waals surface area contributed by atoms with Crippen LogP contribution in [0.5, 0.6) is 5.75 Å². The Morgan fingerprint density at radius 2 is 1.66 bits per heavy atom. The molecule has 1 aliphatic rings. The van der Waals surface area contributed by atoms with Gasteiger partial charge in [0.1, 0.15) is 11.6 Å². The molecule has 0 N–H and O–H groups in total. The molecule has 32 heavy (non-hydrogen) atoms. The molecule has 1 aliphatic heterocycles. The Kier molecular flexibility index (Phi) is 5.93. The quantitative estimate of drug-likeness (QED) is 0.519. The molecule has 0 bridgehead atoms. The molecule has 3 aromatic rings. The van der Waals surface area contributed by atoms with Crippen LogP contribution in [0, 0.1) is 5.82 Å². The molecule has 5 nitrogen and oxygen atoms in total. The van der Waals surface area contributed by atoms with Gasteiger partial charge in [-0.25, -0.2) is 12.8 Å². The monoisotopic (exact) mass is 453 g/mol. The highest BCUT2D eigenvalue weighted by Gasteiger charge is 2.35. The van der Waals surface area contributed by atoms with E-state index in [1.807, 2.05) is 31.2 Å². The Labute approximate surface area is 187 Å². The maximum Gasteiger partial charge on any atom is 0.199 e. The normalized spacial score (nSPS) is 16.2.